The van der Waals surface area contributed by atoms with Gasteiger partial charge in [-0.15, -0.1) is 0 Å². The third kappa shape index (κ3) is 3.51. The molecule has 3 nitrogen and oxygen atoms in total. The third-order valence-corrected chi connectivity index (χ3v) is 2.45. The van der Waals surface area contributed by atoms with E-state index in [9.17, 15) is 0 Å². The minimum atomic E-state index is 0.0594. The summed E-state index contributed by atoms with van der Waals surface area (Å²) in [4.78, 5) is 0. The molecular formula is C13H21NO2. The van der Waals surface area contributed by atoms with Crippen LogP contribution in [0.15, 0.2) is 18.2 Å². The van der Waals surface area contributed by atoms with Crippen molar-refractivity contribution in [2.75, 3.05) is 13.7 Å². The summed E-state index contributed by atoms with van der Waals surface area (Å²) in [5.74, 6) is 0.897. The Hall–Kier alpha value is -1.06. The van der Waals surface area contributed by atoms with E-state index in [1.807, 2.05) is 32.9 Å². The van der Waals surface area contributed by atoms with E-state index < -0.39 is 0 Å². The van der Waals surface area contributed by atoms with Crippen molar-refractivity contribution in [3.8, 4) is 5.75 Å². The summed E-state index contributed by atoms with van der Waals surface area (Å²) in [7, 11) is 1.67. The molecule has 0 aliphatic carbocycles. The van der Waals surface area contributed by atoms with E-state index >= 15 is 0 Å². The SMILES string of the molecule is COCC(C)Oc1ccc([C@H](C)N)cc1C. The van der Waals surface area contributed by atoms with Gasteiger partial charge in [0, 0.05) is 13.2 Å². The van der Waals surface area contributed by atoms with Crippen molar-refractivity contribution >= 4 is 0 Å². The Morgan fingerprint density at radius 2 is 2.00 bits per heavy atom. The van der Waals surface area contributed by atoms with E-state index in [0.29, 0.717) is 6.61 Å². The molecule has 0 bridgehead atoms. The molecule has 16 heavy (non-hydrogen) atoms. The normalized spacial score (nSPS) is 14.6. The van der Waals surface area contributed by atoms with Crippen molar-refractivity contribution in [2.24, 2.45) is 5.73 Å². The summed E-state index contributed by atoms with van der Waals surface area (Å²) < 4.78 is 10.8. The van der Waals surface area contributed by atoms with Crippen molar-refractivity contribution in [1.29, 1.82) is 0 Å². The molecule has 0 saturated heterocycles. The van der Waals surface area contributed by atoms with Crippen LogP contribution in [0.3, 0.4) is 0 Å². The first-order valence-electron chi connectivity index (χ1n) is 5.56. The first-order chi connectivity index (χ1) is 7.54. The molecule has 0 aliphatic rings. The largest absolute Gasteiger partial charge is 0.488 e. The van der Waals surface area contributed by atoms with Crippen molar-refractivity contribution in [3.63, 3.8) is 0 Å². The van der Waals surface area contributed by atoms with E-state index in [4.69, 9.17) is 15.2 Å². The Kier molecular flexibility index (Phi) is 4.77. The van der Waals surface area contributed by atoms with E-state index in [0.717, 1.165) is 16.9 Å². The highest BCUT2D eigenvalue weighted by atomic mass is 16.5. The zero-order valence-electron chi connectivity index (χ0n) is 10.5. The molecule has 1 rings (SSSR count). The Balaban J connectivity index is 2.75. The lowest BCUT2D eigenvalue weighted by Crippen LogP contribution is -2.18. The van der Waals surface area contributed by atoms with Crippen LogP contribution in [-0.4, -0.2) is 19.8 Å². The molecule has 3 heteroatoms. The first-order valence-corrected chi connectivity index (χ1v) is 5.56. The van der Waals surface area contributed by atoms with Crippen LogP contribution in [0.5, 0.6) is 5.75 Å². The quantitative estimate of drug-likeness (QED) is 0.833. The predicted molar refractivity (Wildman–Crippen MR) is 65.7 cm³/mol. The smallest absolute Gasteiger partial charge is 0.122 e. The van der Waals surface area contributed by atoms with Gasteiger partial charge < -0.3 is 15.2 Å². The van der Waals surface area contributed by atoms with Crippen LogP contribution in [-0.2, 0) is 4.74 Å². The molecule has 0 radical (unpaired) electrons. The van der Waals surface area contributed by atoms with Crippen molar-refractivity contribution in [3.05, 3.63) is 29.3 Å². The topological polar surface area (TPSA) is 44.5 Å². The summed E-state index contributed by atoms with van der Waals surface area (Å²) in [6, 6.07) is 6.11. The second-order valence-corrected chi connectivity index (χ2v) is 4.20. The lowest BCUT2D eigenvalue weighted by molar-refractivity contribution is 0.0916. The zero-order chi connectivity index (χ0) is 12.1. The summed E-state index contributed by atoms with van der Waals surface area (Å²) in [5.41, 5.74) is 8.06. The standard InChI is InChI=1S/C13H21NO2/c1-9-7-12(11(3)14)5-6-13(9)16-10(2)8-15-4/h5-7,10-11H,8,14H2,1-4H3/t10?,11-/m0/s1. The zero-order valence-corrected chi connectivity index (χ0v) is 10.5. The van der Waals surface area contributed by atoms with Gasteiger partial charge in [0.2, 0.25) is 0 Å². The second kappa shape index (κ2) is 5.87. The lowest BCUT2D eigenvalue weighted by atomic mass is 10.1. The lowest BCUT2D eigenvalue weighted by Gasteiger charge is -2.17. The number of ether oxygens (including phenoxy) is 2. The average molecular weight is 223 g/mol. The molecule has 0 aromatic heterocycles. The molecule has 1 aromatic rings. The number of hydrogen-bond acceptors (Lipinski definition) is 3. The van der Waals surface area contributed by atoms with Crippen LogP contribution in [0.25, 0.3) is 0 Å². The molecule has 0 spiro atoms. The summed E-state index contributed by atoms with van der Waals surface area (Å²) in [5, 5.41) is 0. The molecule has 90 valence electrons. The summed E-state index contributed by atoms with van der Waals surface area (Å²) in [6.45, 7) is 6.58. The molecule has 2 N–H and O–H groups in total. The van der Waals surface area contributed by atoms with Crippen molar-refractivity contribution in [1.82, 2.24) is 0 Å². The number of aryl methyl sites for hydroxylation is 1. The Morgan fingerprint density at radius 1 is 1.31 bits per heavy atom. The van der Waals surface area contributed by atoms with Gasteiger partial charge in [0.05, 0.1) is 6.61 Å². The van der Waals surface area contributed by atoms with E-state index in [-0.39, 0.29) is 12.1 Å². The molecular weight excluding hydrogens is 202 g/mol. The maximum Gasteiger partial charge on any atom is 0.122 e. The minimum Gasteiger partial charge on any atom is -0.488 e. The highest BCUT2D eigenvalue weighted by Gasteiger charge is 2.07. The number of benzene rings is 1. The van der Waals surface area contributed by atoms with E-state index in [1.165, 1.54) is 0 Å². The summed E-state index contributed by atoms with van der Waals surface area (Å²) >= 11 is 0. The molecule has 0 saturated carbocycles. The van der Waals surface area contributed by atoms with Gasteiger partial charge in [-0.05, 0) is 38.0 Å². The number of nitrogens with two attached hydrogens (primary N) is 1. The van der Waals surface area contributed by atoms with Crippen LogP contribution in [0.1, 0.15) is 31.0 Å². The number of hydrogen-bond donors (Lipinski definition) is 1. The molecule has 0 fully saturated rings. The van der Waals surface area contributed by atoms with Gasteiger partial charge in [-0.1, -0.05) is 12.1 Å². The average Bonchev–Trinajstić information content (AvgIpc) is 2.21. The molecule has 1 aromatic carbocycles. The highest BCUT2D eigenvalue weighted by Crippen LogP contribution is 2.22. The van der Waals surface area contributed by atoms with Crippen LogP contribution >= 0.6 is 0 Å². The fourth-order valence-corrected chi connectivity index (χ4v) is 1.57. The van der Waals surface area contributed by atoms with Gasteiger partial charge in [-0.3, -0.25) is 0 Å². The molecule has 0 heterocycles. The monoisotopic (exact) mass is 223 g/mol. The highest BCUT2D eigenvalue weighted by molar-refractivity contribution is 5.37. The second-order valence-electron chi connectivity index (χ2n) is 4.20. The fourth-order valence-electron chi connectivity index (χ4n) is 1.57. The van der Waals surface area contributed by atoms with Gasteiger partial charge in [-0.25, -0.2) is 0 Å². The Labute approximate surface area is 97.6 Å². The third-order valence-electron chi connectivity index (χ3n) is 2.45. The number of rotatable bonds is 5. The van der Waals surface area contributed by atoms with Crippen LogP contribution in [0.2, 0.25) is 0 Å². The molecule has 1 unspecified atom stereocenters. The van der Waals surface area contributed by atoms with Crippen molar-refractivity contribution in [2.45, 2.75) is 32.9 Å². The van der Waals surface area contributed by atoms with Crippen LogP contribution in [0, 0.1) is 6.92 Å². The predicted octanol–water partition coefficient (Wildman–Crippen LogP) is 2.43. The van der Waals surface area contributed by atoms with Gasteiger partial charge in [-0.2, -0.15) is 0 Å². The number of methoxy groups -OCH3 is 1. The Bertz CT molecular complexity index is 337. The maximum absolute atomic E-state index is 5.82. The van der Waals surface area contributed by atoms with E-state index in [1.54, 1.807) is 7.11 Å². The summed E-state index contributed by atoms with van der Waals surface area (Å²) in [6.07, 6.45) is 0.0600. The first kappa shape index (κ1) is 13.0. The van der Waals surface area contributed by atoms with Crippen LogP contribution in [0.4, 0.5) is 0 Å². The van der Waals surface area contributed by atoms with Gasteiger partial charge in [0.15, 0.2) is 0 Å². The van der Waals surface area contributed by atoms with Crippen molar-refractivity contribution < 1.29 is 9.47 Å². The van der Waals surface area contributed by atoms with Gasteiger partial charge >= 0.3 is 0 Å². The molecule has 0 aliphatic heterocycles. The van der Waals surface area contributed by atoms with Gasteiger partial charge in [0.25, 0.3) is 0 Å². The Morgan fingerprint density at radius 3 is 2.50 bits per heavy atom. The molecule has 0 amide bonds. The molecule has 2 atom stereocenters. The minimum absolute atomic E-state index is 0.0594. The van der Waals surface area contributed by atoms with E-state index in [2.05, 4.69) is 6.07 Å². The van der Waals surface area contributed by atoms with Gasteiger partial charge in [0.1, 0.15) is 11.9 Å². The van der Waals surface area contributed by atoms with Crippen LogP contribution < -0.4 is 10.5 Å². The fraction of sp³-hybridized carbons (Fsp3) is 0.538. The maximum atomic E-state index is 5.82.